The molecule has 1 N–H and O–H groups in total. The summed E-state index contributed by atoms with van der Waals surface area (Å²) in [7, 11) is 1.49. The van der Waals surface area contributed by atoms with E-state index in [-0.39, 0.29) is 5.56 Å². The van der Waals surface area contributed by atoms with Gasteiger partial charge >= 0.3 is 5.97 Å². The molecular weight excluding hydrogens is 338 g/mol. The fraction of sp³-hybridized carbons (Fsp3) is 0.263. The van der Waals surface area contributed by atoms with E-state index in [9.17, 15) is 9.59 Å². The molecule has 2 rings (SSSR count). The van der Waals surface area contributed by atoms with Crippen LogP contribution in [0.25, 0.3) is 0 Å². The quantitative estimate of drug-likeness (QED) is 0.626. The van der Waals surface area contributed by atoms with Crippen LogP contribution in [0.3, 0.4) is 0 Å². The lowest BCUT2D eigenvalue weighted by atomic mass is 10.2. The van der Waals surface area contributed by atoms with Gasteiger partial charge < -0.3 is 14.8 Å². The molecule has 0 saturated carbocycles. The molecule has 25 heavy (non-hydrogen) atoms. The topological polar surface area (TPSA) is 64.6 Å². The Labute approximate surface area is 151 Å². The van der Waals surface area contributed by atoms with E-state index in [2.05, 4.69) is 5.32 Å². The average molecular weight is 359 g/mol. The highest BCUT2D eigenvalue weighted by atomic mass is 32.2. The van der Waals surface area contributed by atoms with Crippen molar-refractivity contribution < 1.29 is 19.1 Å². The van der Waals surface area contributed by atoms with Gasteiger partial charge in [-0.15, -0.1) is 11.8 Å². The number of ether oxygens (including phenoxy) is 2. The third kappa shape index (κ3) is 5.00. The Balaban J connectivity index is 2.05. The Bertz CT molecular complexity index is 776. The van der Waals surface area contributed by atoms with E-state index < -0.39 is 18.0 Å². The van der Waals surface area contributed by atoms with Crippen molar-refractivity contribution in [2.45, 2.75) is 24.8 Å². The third-order valence-corrected chi connectivity index (χ3v) is 4.29. The minimum Gasteiger partial charge on any atom is -0.496 e. The molecule has 0 aliphatic heterocycles. The van der Waals surface area contributed by atoms with Gasteiger partial charge in [-0.3, -0.25) is 4.79 Å². The molecule has 1 atom stereocenters. The third-order valence-electron chi connectivity index (χ3n) is 3.57. The van der Waals surface area contributed by atoms with Gasteiger partial charge in [-0.2, -0.15) is 0 Å². The van der Waals surface area contributed by atoms with Crippen molar-refractivity contribution in [1.29, 1.82) is 0 Å². The Morgan fingerprint density at radius 1 is 1.16 bits per heavy atom. The summed E-state index contributed by atoms with van der Waals surface area (Å²) in [6, 6.07) is 12.6. The average Bonchev–Trinajstić information content (AvgIpc) is 2.60. The van der Waals surface area contributed by atoms with Crippen LogP contribution >= 0.6 is 11.8 Å². The molecule has 0 radical (unpaired) electrons. The van der Waals surface area contributed by atoms with Gasteiger partial charge in [0.2, 0.25) is 0 Å². The van der Waals surface area contributed by atoms with Crippen molar-refractivity contribution >= 4 is 29.3 Å². The number of carbonyl (C=O) groups excluding carboxylic acids is 2. The lowest BCUT2D eigenvalue weighted by Gasteiger charge is -2.15. The summed E-state index contributed by atoms with van der Waals surface area (Å²) in [5, 5.41) is 2.74. The number of amides is 1. The second kappa shape index (κ2) is 8.58. The monoisotopic (exact) mass is 359 g/mol. The molecule has 132 valence electrons. The molecule has 0 aliphatic rings. The van der Waals surface area contributed by atoms with Gasteiger partial charge in [0.25, 0.3) is 5.91 Å². The fourth-order valence-electron chi connectivity index (χ4n) is 2.21. The first kappa shape index (κ1) is 18.9. The molecule has 0 unspecified atom stereocenters. The first-order valence-electron chi connectivity index (χ1n) is 7.75. The van der Waals surface area contributed by atoms with E-state index in [0.717, 1.165) is 10.5 Å². The number of rotatable bonds is 6. The zero-order valence-corrected chi connectivity index (χ0v) is 15.5. The number of nitrogens with one attached hydrogen (secondary N) is 1. The van der Waals surface area contributed by atoms with Crippen molar-refractivity contribution in [3.63, 3.8) is 0 Å². The summed E-state index contributed by atoms with van der Waals surface area (Å²) < 4.78 is 10.5. The van der Waals surface area contributed by atoms with Gasteiger partial charge in [-0.05, 0) is 56.0 Å². The largest absolute Gasteiger partial charge is 0.496 e. The van der Waals surface area contributed by atoms with Crippen LogP contribution in [-0.2, 0) is 9.53 Å². The summed E-state index contributed by atoms with van der Waals surface area (Å²) in [5.41, 5.74) is 1.98. The number of aryl methyl sites for hydroxylation is 1. The number of carbonyl (C=O) groups is 2. The molecule has 0 saturated heterocycles. The summed E-state index contributed by atoms with van der Waals surface area (Å²) in [6.45, 7) is 3.47. The van der Waals surface area contributed by atoms with E-state index in [4.69, 9.17) is 9.47 Å². The van der Waals surface area contributed by atoms with E-state index in [0.29, 0.717) is 11.4 Å². The van der Waals surface area contributed by atoms with Crippen molar-refractivity contribution in [3.8, 4) is 5.75 Å². The number of methoxy groups -OCH3 is 1. The Kier molecular flexibility index (Phi) is 6.47. The first-order chi connectivity index (χ1) is 11.9. The number of hydrogen-bond donors (Lipinski definition) is 1. The number of anilines is 1. The van der Waals surface area contributed by atoms with Crippen LogP contribution in [0.5, 0.6) is 5.75 Å². The van der Waals surface area contributed by atoms with Gasteiger partial charge in [-0.1, -0.05) is 12.1 Å². The molecular formula is C19H21NO4S. The van der Waals surface area contributed by atoms with E-state index in [1.165, 1.54) is 14.0 Å². The van der Waals surface area contributed by atoms with Crippen LogP contribution in [0.2, 0.25) is 0 Å². The van der Waals surface area contributed by atoms with E-state index in [1.807, 2.05) is 31.4 Å². The second-order valence-corrected chi connectivity index (χ2v) is 6.35. The molecule has 0 bridgehead atoms. The molecule has 5 nitrogen and oxygen atoms in total. The molecule has 0 aliphatic carbocycles. The molecule has 2 aromatic rings. The van der Waals surface area contributed by atoms with Gasteiger partial charge in [-0.25, -0.2) is 4.79 Å². The number of esters is 1. The van der Waals surface area contributed by atoms with Crippen LogP contribution in [0.1, 0.15) is 22.8 Å². The van der Waals surface area contributed by atoms with Crippen LogP contribution in [0.15, 0.2) is 47.4 Å². The Morgan fingerprint density at radius 2 is 1.92 bits per heavy atom. The van der Waals surface area contributed by atoms with Crippen molar-refractivity contribution in [2.75, 3.05) is 18.7 Å². The van der Waals surface area contributed by atoms with Gasteiger partial charge in [0.05, 0.1) is 7.11 Å². The van der Waals surface area contributed by atoms with Crippen molar-refractivity contribution in [3.05, 3.63) is 53.6 Å². The maximum atomic E-state index is 12.4. The molecule has 2 aromatic carbocycles. The minimum absolute atomic E-state index is 0.288. The van der Waals surface area contributed by atoms with Crippen molar-refractivity contribution in [2.24, 2.45) is 0 Å². The maximum Gasteiger partial charge on any atom is 0.342 e. The van der Waals surface area contributed by atoms with E-state index >= 15 is 0 Å². The highest BCUT2D eigenvalue weighted by Gasteiger charge is 2.21. The van der Waals surface area contributed by atoms with Gasteiger partial charge in [0.1, 0.15) is 11.3 Å². The number of hydrogen-bond acceptors (Lipinski definition) is 5. The van der Waals surface area contributed by atoms with Crippen LogP contribution in [-0.4, -0.2) is 31.3 Å². The standard InChI is InChI=1S/C19H21NO4S/c1-12-6-5-7-14(10-12)20-18(21)13(2)24-19(22)16-9-8-15(25-4)11-17(16)23-3/h5-11,13H,1-4H3,(H,20,21)/t13-/m1/s1. The fourth-order valence-corrected chi connectivity index (χ4v) is 2.64. The molecule has 0 heterocycles. The summed E-state index contributed by atoms with van der Waals surface area (Å²) in [6.07, 6.45) is 1.00. The predicted octanol–water partition coefficient (Wildman–Crippen LogP) is 3.91. The Morgan fingerprint density at radius 3 is 2.56 bits per heavy atom. The molecule has 0 spiro atoms. The highest BCUT2D eigenvalue weighted by Crippen LogP contribution is 2.26. The second-order valence-electron chi connectivity index (χ2n) is 5.47. The predicted molar refractivity (Wildman–Crippen MR) is 99.5 cm³/mol. The molecule has 1 amide bonds. The zero-order valence-electron chi connectivity index (χ0n) is 14.7. The summed E-state index contributed by atoms with van der Waals surface area (Å²) in [5.74, 6) is -0.571. The SMILES string of the molecule is COc1cc(SC)ccc1C(=O)O[C@H](C)C(=O)Nc1cccc(C)c1. The van der Waals surface area contributed by atoms with Crippen molar-refractivity contribution in [1.82, 2.24) is 0 Å². The van der Waals surface area contributed by atoms with Crippen LogP contribution < -0.4 is 10.1 Å². The van der Waals surface area contributed by atoms with Crippen LogP contribution in [0, 0.1) is 6.92 Å². The minimum atomic E-state index is -0.932. The molecule has 0 aromatic heterocycles. The first-order valence-corrected chi connectivity index (χ1v) is 8.97. The Hall–Kier alpha value is -2.47. The summed E-state index contributed by atoms with van der Waals surface area (Å²) in [4.78, 5) is 25.5. The van der Waals surface area contributed by atoms with Crippen LogP contribution in [0.4, 0.5) is 5.69 Å². The van der Waals surface area contributed by atoms with E-state index in [1.54, 1.807) is 36.0 Å². The van der Waals surface area contributed by atoms with Gasteiger partial charge in [0.15, 0.2) is 6.10 Å². The highest BCUT2D eigenvalue weighted by molar-refractivity contribution is 7.98. The molecule has 0 fully saturated rings. The summed E-state index contributed by atoms with van der Waals surface area (Å²) >= 11 is 1.54. The lowest BCUT2D eigenvalue weighted by Crippen LogP contribution is -2.30. The maximum absolute atomic E-state index is 12.4. The lowest BCUT2D eigenvalue weighted by molar-refractivity contribution is -0.123. The number of thioether (sulfide) groups is 1. The van der Waals surface area contributed by atoms with Gasteiger partial charge in [0, 0.05) is 10.6 Å². The zero-order chi connectivity index (χ0) is 18.4. The smallest absolute Gasteiger partial charge is 0.342 e. The normalized spacial score (nSPS) is 11.5. The molecule has 6 heteroatoms. The number of benzene rings is 2.